The number of hydrogen-bond donors (Lipinski definition) is 3. The van der Waals surface area contributed by atoms with E-state index in [0.717, 1.165) is 30.4 Å². The predicted octanol–water partition coefficient (Wildman–Crippen LogP) is 2.61. The summed E-state index contributed by atoms with van der Waals surface area (Å²) in [6.45, 7) is 4.05. The van der Waals surface area contributed by atoms with Crippen molar-refractivity contribution in [3.63, 3.8) is 0 Å². The van der Waals surface area contributed by atoms with Crippen molar-refractivity contribution in [1.82, 2.24) is 0 Å². The first kappa shape index (κ1) is 17.7. The molecule has 0 amide bonds. The van der Waals surface area contributed by atoms with Gasteiger partial charge < -0.3 is 15.9 Å². The van der Waals surface area contributed by atoms with Crippen LogP contribution in [0.2, 0.25) is 0 Å². The van der Waals surface area contributed by atoms with Gasteiger partial charge in [0, 0.05) is 6.54 Å². The first-order valence-electron chi connectivity index (χ1n) is 7.59. The van der Waals surface area contributed by atoms with Gasteiger partial charge in [0.1, 0.15) is 0 Å². The minimum absolute atomic E-state index is 0.288. The second kappa shape index (κ2) is 8.15. The number of nitrogens with two attached hydrogens (primary N) is 1. The summed E-state index contributed by atoms with van der Waals surface area (Å²) in [5.41, 5.74) is 6.44. The van der Waals surface area contributed by atoms with E-state index in [0.29, 0.717) is 12.8 Å². The van der Waals surface area contributed by atoms with Gasteiger partial charge in [0.15, 0.2) is 0 Å². The molecule has 1 aromatic carbocycles. The van der Waals surface area contributed by atoms with Crippen LogP contribution in [-0.2, 0) is 10.2 Å². The van der Waals surface area contributed by atoms with E-state index in [1.54, 1.807) is 6.92 Å². The molecule has 0 aromatic heterocycles. The van der Waals surface area contributed by atoms with Gasteiger partial charge >= 0.3 is 5.97 Å². The molecule has 4 N–H and O–H groups in total. The highest BCUT2D eigenvalue weighted by Crippen LogP contribution is 2.31. The Morgan fingerprint density at radius 3 is 2.62 bits per heavy atom. The zero-order chi connectivity index (χ0) is 15.9. The molecule has 0 heterocycles. The first-order valence-corrected chi connectivity index (χ1v) is 7.59. The lowest BCUT2D eigenvalue weighted by molar-refractivity contribution is -0.143. The normalized spacial score (nSPS) is 15.4. The average Bonchev–Trinajstić information content (AvgIpc) is 2.46. The summed E-state index contributed by atoms with van der Waals surface area (Å²) in [5, 5.41) is 19.0. The van der Waals surface area contributed by atoms with E-state index in [4.69, 9.17) is 5.73 Å². The van der Waals surface area contributed by atoms with Crippen molar-refractivity contribution in [2.24, 2.45) is 5.73 Å². The van der Waals surface area contributed by atoms with Gasteiger partial charge in [0.05, 0.1) is 11.5 Å². The lowest BCUT2D eigenvalue weighted by Crippen LogP contribution is -2.32. The smallest absolute Gasteiger partial charge is 0.313 e. The minimum atomic E-state index is -0.849. The number of aliphatic carboxylic acids is 1. The van der Waals surface area contributed by atoms with Crippen LogP contribution >= 0.6 is 0 Å². The largest absolute Gasteiger partial charge is 0.481 e. The summed E-state index contributed by atoms with van der Waals surface area (Å²) < 4.78 is 0. The Morgan fingerprint density at radius 1 is 1.33 bits per heavy atom. The fourth-order valence-corrected chi connectivity index (χ4v) is 2.52. The Morgan fingerprint density at radius 2 is 2.05 bits per heavy atom. The molecule has 4 nitrogen and oxygen atoms in total. The number of carbonyl (C=O) groups is 1. The van der Waals surface area contributed by atoms with E-state index in [-0.39, 0.29) is 6.54 Å². The molecule has 0 aliphatic heterocycles. The van der Waals surface area contributed by atoms with Crippen LogP contribution in [0, 0.1) is 6.92 Å². The highest BCUT2D eigenvalue weighted by Gasteiger charge is 2.34. The monoisotopic (exact) mass is 293 g/mol. The standard InChI is InChI=1S/C17H27NO3/c1-13-7-6-8-14(11-13)17(2,16(20)21)10-5-3-4-9-15(19)12-18/h6-8,11,15,19H,3-5,9-10,12,18H2,1-2H3,(H,20,21). The topological polar surface area (TPSA) is 83.5 Å². The van der Waals surface area contributed by atoms with Crippen molar-refractivity contribution in [2.45, 2.75) is 57.5 Å². The number of aryl methyl sites for hydroxylation is 1. The van der Waals surface area contributed by atoms with E-state index in [1.807, 2.05) is 31.2 Å². The average molecular weight is 293 g/mol. The number of rotatable bonds is 9. The Kier molecular flexibility index (Phi) is 6.85. The predicted molar refractivity (Wildman–Crippen MR) is 84.3 cm³/mol. The second-order valence-electron chi connectivity index (χ2n) is 6.00. The number of aliphatic hydroxyl groups is 1. The van der Waals surface area contributed by atoms with Crippen molar-refractivity contribution in [3.05, 3.63) is 35.4 Å². The molecule has 1 rings (SSSR count). The van der Waals surface area contributed by atoms with Crippen LogP contribution in [0.3, 0.4) is 0 Å². The molecule has 0 fully saturated rings. The van der Waals surface area contributed by atoms with Crippen molar-refractivity contribution in [2.75, 3.05) is 6.54 Å². The van der Waals surface area contributed by atoms with Gasteiger partial charge in [-0.3, -0.25) is 4.79 Å². The number of unbranched alkanes of at least 4 members (excludes halogenated alkanes) is 2. The van der Waals surface area contributed by atoms with Crippen LogP contribution in [0.15, 0.2) is 24.3 Å². The van der Waals surface area contributed by atoms with Crippen LogP contribution in [0.25, 0.3) is 0 Å². The van der Waals surface area contributed by atoms with Crippen molar-refractivity contribution >= 4 is 5.97 Å². The van der Waals surface area contributed by atoms with Crippen LogP contribution in [0.5, 0.6) is 0 Å². The maximum absolute atomic E-state index is 11.7. The summed E-state index contributed by atoms with van der Waals surface area (Å²) >= 11 is 0. The van der Waals surface area contributed by atoms with E-state index in [9.17, 15) is 15.0 Å². The molecule has 0 aliphatic rings. The maximum atomic E-state index is 11.7. The second-order valence-corrected chi connectivity index (χ2v) is 6.00. The Bertz CT molecular complexity index is 461. The lowest BCUT2D eigenvalue weighted by atomic mass is 9.77. The summed E-state index contributed by atoms with van der Waals surface area (Å²) in [7, 11) is 0. The molecule has 0 radical (unpaired) electrons. The van der Waals surface area contributed by atoms with Gasteiger partial charge in [0.2, 0.25) is 0 Å². The number of carboxylic acids is 1. The van der Waals surface area contributed by atoms with Crippen molar-refractivity contribution in [1.29, 1.82) is 0 Å². The third-order valence-corrected chi connectivity index (χ3v) is 4.11. The molecule has 2 atom stereocenters. The van der Waals surface area contributed by atoms with Gasteiger partial charge in [-0.1, -0.05) is 49.1 Å². The molecule has 4 heteroatoms. The number of hydrogen-bond acceptors (Lipinski definition) is 3. The molecule has 21 heavy (non-hydrogen) atoms. The fraction of sp³-hybridized carbons (Fsp3) is 0.588. The van der Waals surface area contributed by atoms with E-state index >= 15 is 0 Å². The number of aliphatic hydroxyl groups excluding tert-OH is 1. The fourth-order valence-electron chi connectivity index (χ4n) is 2.52. The minimum Gasteiger partial charge on any atom is -0.481 e. The Labute approximate surface area is 127 Å². The Balaban J connectivity index is 2.60. The SMILES string of the molecule is Cc1cccc(C(C)(CCCCCC(O)CN)C(=O)O)c1. The van der Waals surface area contributed by atoms with Gasteiger partial charge in [-0.2, -0.15) is 0 Å². The van der Waals surface area contributed by atoms with Crippen LogP contribution in [0.1, 0.15) is 50.2 Å². The summed E-state index contributed by atoms with van der Waals surface area (Å²) in [4.78, 5) is 11.7. The van der Waals surface area contributed by atoms with E-state index in [1.165, 1.54) is 0 Å². The molecular formula is C17H27NO3. The molecule has 2 unspecified atom stereocenters. The lowest BCUT2D eigenvalue weighted by Gasteiger charge is -2.26. The third-order valence-electron chi connectivity index (χ3n) is 4.11. The van der Waals surface area contributed by atoms with Crippen LogP contribution in [0.4, 0.5) is 0 Å². The van der Waals surface area contributed by atoms with Crippen molar-refractivity contribution < 1.29 is 15.0 Å². The number of benzene rings is 1. The molecule has 0 saturated heterocycles. The van der Waals surface area contributed by atoms with E-state index in [2.05, 4.69) is 0 Å². The first-order chi connectivity index (χ1) is 9.90. The van der Waals surface area contributed by atoms with Crippen LogP contribution < -0.4 is 5.73 Å². The molecule has 1 aromatic rings. The van der Waals surface area contributed by atoms with Gasteiger partial charge in [-0.05, 0) is 32.3 Å². The molecular weight excluding hydrogens is 266 g/mol. The van der Waals surface area contributed by atoms with E-state index < -0.39 is 17.5 Å². The number of carboxylic acid groups (broad SMARTS) is 1. The highest BCUT2D eigenvalue weighted by molar-refractivity contribution is 5.80. The zero-order valence-corrected chi connectivity index (χ0v) is 13.0. The molecule has 118 valence electrons. The van der Waals surface area contributed by atoms with Gasteiger partial charge in [-0.25, -0.2) is 0 Å². The summed E-state index contributed by atoms with van der Waals surface area (Å²) in [5.74, 6) is -0.782. The quantitative estimate of drug-likeness (QED) is 0.611. The summed E-state index contributed by atoms with van der Waals surface area (Å²) in [6.07, 6.45) is 3.46. The summed E-state index contributed by atoms with van der Waals surface area (Å²) in [6, 6.07) is 7.72. The maximum Gasteiger partial charge on any atom is 0.313 e. The molecule has 0 spiro atoms. The van der Waals surface area contributed by atoms with Crippen molar-refractivity contribution in [3.8, 4) is 0 Å². The highest BCUT2D eigenvalue weighted by atomic mass is 16.4. The zero-order valence-electron chi connectivity index (χ0n) is 13.0. The Hall–Kier alpha value is -1.39. The molecule has 0 aliphatic carbocycles. The van der Waals surface area contributed by atoms with Gasteiger partial charge in [0.25, 0.3) is 0 Å². The van der Waals surface area contributed by atoms with Gasteiger partial charge in [-0.15, -0.1) is 0 Å². The molecule has 0 bridgehead atoms. The molecule has 0 saturated carbocycles. The third kappa shape index (κ3) is 5.14. The van der Waals surface area contributed by atoms with Crippen LogP contribution in [-0.4, -0.2) is 28.8 Å².